The molecule has 0 radical (unpaired) electrons. The highest BCUT2D eigenvalue weighted by Crippen LogP contribution is 2.49. The van der Waals surface area contributed by atoms with Crippen LogP contribution in [0.1, 0.15) is 0 Å². The van der Waals surface area contributed by atoms with Crippen molar-refractivity contribution >= 4 is 80.8 Å². The van der Waals surface area contributed by atoms with Gasteiger partial charge in [0, 0.05) is 32.7 Å². The molecule has 74 heavy (non-hydrogen) atoms. The Kier molecular flexibility index (Phi) is 9.30. The van der Waals surface area contributed by atoms with E-state index in [0.29, 0.717) is 0 Å². The average molecular weight is 979 g/mol. The van der Waals surface area contributed by atoms with Crippen molar-refractivity contribution in [2.24, 2.45) is 0 Å². The molecule has 0 amide bonds. The van der Waals surface area contributed by atoms with Gasteiger partial charge in [0.15, 0.2) is 0 Å². The van der Waals surface area contributed by atoms with Gasteiger partial charge in [0.05, 0.1) is 0 Å². The summed E-state index contributed by atoms with van der Waals surface area (Å²) in [6.45, 7) is 10.4. The molecule has 13 aromatic rings. The van der Waals surface area contributed by atoms with Crippen molar-refractivity contribution in [1.82, 2.24) is 0 Å². The van der Waals surface area contributed by atoms with Crippen LogP contribution in [0.15, 0.2) is 239 Å². The van der Waals surface area contributed by atoms with Gasteiger partial charge in [-0.3, -0.25) is 0 Å². The second-order valence-corrected chi connectivity index (χ2v) is 30.1. The third kappa shape index (κ3) is 6.28. The lowest BCUT2D eigenvalue weighted by Crippen LogP contribution is -2.63. The summed E-state index contributed by atoms with van der Waals surface area (Å²) in [6.07, 6.45) is 0. The molecular formula is C70H50O2Si2. The summed E-state index contributed by atoms with van der Waals surface area (Å²) >= 11 is 0. The normalized spacial score (nSPS) is 13.9. The molecule has 350 valence electrons. The lowest BCUT2D eigenvalue weighted by molar-refractivity contribution is 0.670. The number of hydrogen-bond donors (Lipinski definition) is 0. The molecule has 0 saturated heterocycles. The minimum Gasteiger partial charge on any atom is -0.455 e. The molecule has 4 heterocycles. The fourth-order valence-electron chi connectivity index (χ4n) is 13.1. The Morgan fingerprint density at radius 3 is 1.09 bits per heavy atom. The van der Waals surface area contributed by atoms with Crippen LogP contribution < -0.4 is 20.7 Å². The van der Waals surface area contributed by atoms with Crippen LogP contribution in [0.5, 0.6) is 0 Å². The first-order valence-electron chi connectivity index (χ1n) is 25.9. The summed E-state index contributed by atoms with van der Waals surface area (Å²) in [4.78, 5) is 0. The summed E-state index contributed by atoms with van der Waals surface area (Å²) < 4.78 is 14.4. The summed E-state index contributed by atoms with van der Waals surface area (Å²) in [5.41, 5.74) is 23.5. The Morgan fingerprint density at radius 2 is 0.622 bits per heavy atom. The van der Waals surface area contributed by atoms with Crippen LogP contribution in [0.4, 0.5) is 0 Å². The zero-order valence-electron chi connectivity index (χ0n) is 41.8. The van der Waals surface area contributed by atoms with Crippen LogP contribution in [0, 0.1) is 0 Å². The molecule has 0 spiro atoms. The van der Waals surface area contributed by atoms with E-state index in [9.17, 15) is 0 Å². The van der Waals surface area contributed by atoms with Crippen molar-refractivity contribution in [2.75, 3.05) is 0 Å². The van der Waals surface area contributed by atoms with Gasteiger partial charge in [-0.15, -0.1) is 0 Å². The van der Waals surface area contributed by atoms with Crippen molar-refractivity contribution in [2.45, 2.75) is 26.2 Å². The smallest absolute Gasteiger partial charge is 0.143 e. The summed E-state index contributed by atoms with van der Waals surface area (Å²) in [7, 11) is -4.94. The highest BCUT2D eigenvalue weighted by Gasteiger charge is 2.50. The zero-order chi connectivity index (χ0) is 49.5. The van der Waals surface area contributed by atoms with Crippen LogP contribution in [0.2, 0.25) is 26.2 Å². The Balaban J connectivity index is 0.981. The first kappa shape index (κ1) is 43.1. The number of rotatable bonds is 6. The van der Waals surface area contributed by atoms with Crippen molar-refractivity contribution in [3.8, 4) is 89.0 Å². The highest BCUT2D eigenvalue weighted by atomic mass is 28.3. The van der Waals surface area contributed by atoms with Gasteiger partial charge in [-0.1, -0.05) is 208 Å². The van der Waals surface area contributed by atoms with Gasteiger partial charge >= 0.3 is 0 Å². The quantitative estimate of drug-likeness (QED) is 0.155. The van der Waals surface area contributed by atoms with E-state index in [0.717, 1.165) is 38.8 Å². The second-order valence-electron chi connectivity index (χ2n) is 21.5. The van der Waals surface area contributed by atoms with Crippen molar-refractivity contribution in [1.29, 1.82) is 0 Å². The van der Waals surface area contributed by atoms with Crippen molar-refractivity contribution in [3.05, 3.63) is 231 Å². The van der Waals surface area contributed by atoms with Gasteiger partial charge < -0.3 is 8.83 Å². The topological polar surface area (TPSA) is 26.3 Å². The molecule has 0 N–H and O–H groups in total. The standard InChI is InChI=1S/C70H50O2Si2/c1-73(2)61-42-58(52-39-49(45-25-13-7-14-26-45)36-50(40-52)46-27-15-8-16-28-46)67-66(54-30-18-20-32-60(54)71-67)64(61)55-33-34-56-65-62(74(3,4)70(56)69(55)73)41-57(63-53-29-17-19-31-59(53)72-68(63)65)51-37-47(43-21-9-5-10-22-43)35-48(38-51)44-23-11-6-12-24-44/h5-42H,1-4H3. The largest absolute Gasteiger partial charge is 0.455 e. The fourth-order valence-corrected chi connectivity index (χ4v) is 21.6. The van der Waals surface area contributed by atoms with Crippen LogP contribution in [0.25, 0.3) is 133 Å². The Bertz CT molecular complexity index is 4330. The maximum atomic E-state index is 7.24. The van der Waals surface area contributed by atoms with Crippen LogP contribution in [-0.2, 0) is 0 Å². The molecule has 0 bridgehead atoms. The zero-order valence-corrected chi connectivity index (χ0v) is 43.8. The number of benzene rings is 11. The predicted octanol–water partition coefficient (Wildman–Crippen LogP) is 17.1. The van der Waals surface area contributed by atoms with Gasteiger partial charge in [-0.25, -0.2) is 0 Å². The molecule has 4 heteroatoms. The average Bonchev–Trinajstić information content (AvgIpc) is 4.29. The second kappa shape index (κ2) is 16.0. The maximum absolute atomic E-state index is 7.24. The summed E-state index contributed by atoms with van der Waals surface area (Å²) in [5, 5.41) is 10.8. The van der Waals surface area contributed by atoms with E-state index in [-0.39, 0.29) is 0 Å². The van der Waals surface area contributed by atoms with E-state index >= 15 is 0 Å². The SMILES string of the molecule is C[Si]1(C)c2cc(-c3cc(-c4ccccc4)cc(-c4ccccc4)c3)c3c(oc4ccccc43)c2-c2ccc3c(c21)[Si](C)(C)c1cc(-c2cc(-c4ccccc4)cc(-c4ccccc4)c2)c2oc4ccccc4c2c1-3. The third-order valence-corrected chi connectivity index (χ3v) is 23.8. The molecule has 0 unspecified atom stereocenters. The maximum Gasteiger partial charge on any atom is 0.143 e. The molecule has 0 atom stereocenters. The first-order chi connectivity index (χ1) is 36.2. The summed E-state index contributed by atoms with van der Waals surface area (Å²) in [5.74, 6) is 0. The molecule has 2 aliphatic rings. The molecule has 2 aromatic heterocycles. The lowest BCUT2D eigenvalue weighted by Gasteiger charge is -2.28. The first-order valence-corrected chi connectivity index (χ1v) is 31.9. The molecule has 11 aromatic carbocycles. The minimum absolute atomic E-state index is 0.919. The van der Waals surface area contributed by atoms with E-state index in [1.54, 1.807) is 10.4 Å². The van der Waals surface area contributed by atoms with Crippen molar-refractivity contribution < 1.29 is 8.83 Å². The van der Waals surface area contributed by atoms with Crippen LogP contribution in [-0.4, -0.2) is 16.1 Å². The number of hydrogen-bond acceptors (Lipinski definition) is 2. The third-order valence-electron chi connectivity index (χ3n) is 16.6. The lowest BCUT2D eigenvalue weighted by atomic mass is 9.89. The Hall–Kier alpha value is -8.55. The molecule has 2 aliphatic heterocycles. The molecule has 0 aliphatic carbocycles. The Labute approximate surface area is 432 Å². The van der Waals surface area contributed by atoms with E-state index in [1.165, 1.54) is 104 Å². The fraction of sp³-hybridized carbons (Fsp3) is 0.0571. The van der Waals surface area contributed by atoms with Crippen molar-refractivity contribution in [3.63, 3.8) is 0 Å². The van der Waals surface area contributed by atoms with Gasteiger partial charge in [0.1, 0.15) is 38.5 Å². The van der Waals surface area contributed by atoms with Gasteiger partial charge in [-0.05, 0) is 147 Å². The van der Waals surface area contributed by atoms with Crippen LogP contribution in [0.3, 0.4) is 0 Å². The summed E-state index contributed by atoms with van der Waals surface area (Å²) in [6, 6.07) is 84.9. The predicted molar refractivity (Wildman–Crippen MR) is 318 cm³/mol. The molecule has 2 nitrogen and oxygen atoms in total. The highest BCUT2D eigenvalue weighted by molar-refractivity contribution is 7.13. The minimum atomic E-state index is -2.47. The number of furan rings is 2. The monoisotopic (exact) mass is 978 g/mol. The van der Waals surface area contributed by atoms with E-state index in [4.69, 9.17) is 8.83 Å². The van der Waals surface area contributed by atoms with Gasteiger partial charge in [0.25, 0.3) is 0 Å². The molecule has 0 saturated carbocycles. The molecule has 0 fully saturated rings. The van der Waals surface area contributed by atoms with Gasteiger partial charge in [0.2, 0.25) is 0 Å². The number of para-hydroxylation sites is 2. The van der Waals surface area contributed by atoms with Gasteiger partial charge in [-0.2, -0.15) is 0 Å². The van der Waals surface area contributed by atoms with E-state index in [2.05, 4.69) is 257 Å². The van der Waals surface area contributed by atoms with E-state index in [1.807, 2.05) is 0 Å². The van der Waals surface area contributed by atoms with Crippen LogP contribution >= 0.6 is 0 Å². The molecular weight excluding hydrogens is 929 g/mol. The molecule has 15 rings (SSSR count). The number of fused-ring (bicyclic) bond motifs is 15. The van der Waals surface area contributed by atoms with E-state index < -0.39 is 16.1 Å². The Morgan fingerprint density at radius 1 is 0.270 bits per heavy atom.